The number of nitrogens with one attached hydrogen (secondary N) is 2. The number of benzene rings is 1. The SMILES string of the molecule is O=C(NCC1CCCN1)c1cc(F)cc(C(F)(F)F)c1. The van der Waals surface area contributed by atoms with Gasteiger partial charge in [-0.05, 0) is 37.6 Å². The molecule has 1 aromatic carbocycles. The second kappa shape index (κ2) is 5.78. The molecule has 1 unspecified atom stereocenters. The lowest BCUT2D eigenvalue weighted by Crippen LogP contribution is -2.37. The van der Waals surface area contributed by atoms with Gasteiger partial charge in [0.25, 0.3) is 5.91 Å². The van der Waals surface area contributed by atoms with Gasteiger partial charge in [0, 0.05) is 18.2 Å². The van der Waals surface area contributed by atoms with E-state index in [1.54, 1.807) is 0 Å². The molecule has 0 saturated carbocycles. The summed E-state index contributed by atoms with van der Waals surface area (Å²) in [6, 6.07) is 1.94. The molecule has 3 nitrogen and oxygen atoms in total. The smallest absolute Gasteiger partial charge is 0.350 e. The van der Waals surface area contributed by atoms with E-state index in [9.17, 15) is 22.4 Å². The maximum Gasteiger partial charge on any atom is 0.416 e. The second-order valence-corrected chi connectivity index (χ2v) is 4.73. The first-order chi connectivity index (χ1) is 9.36. The molecule has 1 fully saturated rings. The summed E-state index contributed by atoms with van der Waals surface area (Å²) in [6.07, 6.45) is -2.78. The number of halogens is 4. The van der Waals surface area contributed by atoms with Crippen LogP contribution in [-0.4, -0.2) is 25.0 Å². The minimum Gasteiger partial charge on any atom is -0.350 e. The second-order valence-electron chi connectivity index (χ2n) is 4.73. The van der Waals surface area contributed by atoms with Gasteiger partial charge in [-0.25, -0.2) is 4.39 Å². The minimum atomic E-state index is -4.68. The Morgan fingerprint density at radius 2 is 2.10 bits per heavy atom. The predicted octanol–water partition coefficient (Wildman–Crippen LogP) is 2.33. The van der Waals surface area contributed by atoms with E-state index in [1.165, 1.54) is 0 Å². The number of amides is 1. The third-order valence-corrected chi connectivity index (χ3v) is 3.16. The summed E-state index contributed by atoms with van der Waals surface area (Å²) in [5.41, 5.74) is -1.49. The molecule has 1 amide bonds. The van der Waals surface area contributed by atoms with Gasteiger partial charge >= 0.3 is 6.18 Å². The van der Waals surface area contributed by atoms with Gasteiger partial charge in [0.15, 0.2) is 0 Å². The van der Waals surface area contributed by atoms with Crippen molar-refractivity contribution in [3.8, 4) is 0 Å². The molecule has 0 aliphatic carbocycles. The van der Waals surface area contributed by atoms with Crippen LogP contribution in [0.2, 0.25) is 0 Å². The Morgan fingerprint density at radius 3 is 2.70 bits per heavy atom. The van der Waals surface area contributed by atoms with Crippen molar-refractivity contribution in [2.24, 2.45) is 0 Å². The molecule has 20 heavy (non-hydrogen) atoms. The molecule has 1 heterocycles. The molecular weight excluding hydrogens is 276 g/mol. The Labute approximate surface area is 113 Å². The van der Waals surface area contributed by atoms with Crippen molar-refractivity contribution in [1.82, 2.24) is 10.6 Å². The highest BCUT2D eigenvalue weighted by Gasteiger charge is 2.32. The molecule has 7 heteroatoms. The fourth-order valence-electron chi connectivity index (χ4n) is 2.13. The molecule has 1 aromatic rings. The number of alkyl halides is 3. The van der Waals surface area contributed by atoms with Gasteiger partial charge in [0.05, 0.1) is 5.56 Å². The Morgan fingerprint density at radius 1 is 1.35 bits per heavy atom. The van der Waals surface area contributed by atoms with Crippen molar-refractivity contribution >= 4 is 5.91 Å². The third kappa shape index (κ3) is 3.69. The Bertz CT molecular complexity index is 496. The molecule has 0 bridgehead atoms. The summed E-state index contributed by atoms with van der Waals surface area (Å²) >= 11 is 0. The van der Waals surface area contributed by atoms with Crippen LogP contribution in [-0.2, 0) is 6.18 Å². The summed E-state index contributed by atoms with van der Waals surface area (Å²) in [5.74, 6) is -1.78. The zero-order valence-corrected chi connectivity index (χ0v) is 10.6. The molecule has 2 N–H and O–H groups in total. The van der Waals surface area contributed by atoms with E-state index in [2.05, 4.69) is 10.6 Å². The highest BCUT2D eigenvalue weighted by atomic mass is 19.4. The van der Waals surface area contributed by atoms with Crippen LogP contribution in [0.1, 0.15) is 28.8 Å². The van der Waals surface area contributed by atoms with Crippen LogP contribution in [0.3, 0.4) is 0 Å². The summed E-state index contributed by atoms with van der Waals surface area (Å²) in [5, 5.41) is 5.65. The van der Waals surface area contributed by atoms with E-state index < -0.39 is 23.5 Å². The third-order valence-electron chi connectivity index (χ3n) is 3.16. The summed E-state index contributed by atoms with van der Waals surface area (Å²) < 4.78 is 50.8. The summed E-state index contributed by atoms with van der Waals surface area (Å²) in [7, 11) is 0. The predicted molar refractivity (Wildman–Crippen MR) is 64.8 cm³/mol. The Hall–Kier alpha value is -1.63. The minimum absolute atomic E-state index is 0.120. The van der Waals surface area contributed by atoms with E-state index >= 15 is 0 Å². The number of carbonyl (C=O) groups excluding carboxylic acids is 1. The first-order valence-electron chi connectivity index (χ1n) is 6.25. The number of carbonyl (C=O) groups is 1. The first-order valence-corrected chi connectivity index (χ1v) is 6.25. The zero-order chi connectivity index (χ0) is 14.8. The van der Waals surface area contributed by atoms with Crippen molar-refractivity contribution in [3.05, 3.63) is 35.1 Å². The fraction of sp³-hybridized carbons (Fsp3) is 0.462. The van der Waals surface area contributed by atoms with Crippen molar-refractivity contribution < 1.29 is 22.4 Å². The fourth-order valence-corrected chi connectivity index (χ4v) is 2.13. The van der Waals surface area contributed by atoms with E-state index in [1.807, 2.05) is 0 Å². The zero-order valence-electron chi connectivity index (χ0n) is 10.6. The highest BCUT2D eigenvalue weighted by molar-refractivity contribution is 5.94. The van der Waals surface area contributed by atoms with E-state index in [0.29, 0.717) is 18.7 Å². The quantitative estimate of drug-likeness (QED) is 0.839. The monoisotopic (exact) mass is 290 g/mol. The molecule has 2 rings (SSSR count). The van der Waals surface area contributed by atoms with Crippen LogP contribution in [0, 0.1) is 5.82 Å². The van der Waals surface area contributed by atoms with Gasteiger partial charge in [-0.1, -0.05) is 0 Å². The standard InChI is InChI=1S/C13H14F4N2O/c14-10-5-8(4-9(6-10)13(15,16)17)12(20)19-7-11-2-1-3-18-11/h4-6,11,18H,1-3,7H2,(H,19,20). The lowest BCUT2D eigenvalue weighted by molar-refractivity contribution is -0.137. The van der Waals surface area contributed by atoms with Crippen LogP contribution in [0.5, 0.6) is 0 Å². The first kappa shape index (κ1) is 14.8. The van der Waals surface area contributed by atoms with Crippen molar-refractivity contribution in [2.45, 2.75) is 25.1 Å². The lowest BCUT2D eigenvalue weighted by atomic mass is 10.1. The Balaban J connectivity index is 2.07. The molecule has 1 aliphatic heterocycles. The maximum absolute atomic E-state index is 13.2. The van der Waals surface area contributed by atoms with Crippen LogP contribution < -0.4 is 10.6 Å². The lowest BCUT2D eigenvalue weighted by Gasteiger charge is -2.13. The molecule has 110 valence electrons. The van der Waals surface area contributed by atoms with Crippen molar-refractivity contribution in [1.29, 1.82) is 0 Å². The topological polar surface area (TPSA) is 41.1 Å². The molecule has 1 atom stereocenters. The number of hydrogen-bond donors (Lipinski definition) is 2. The van der Waals surface area contributed by atoms with Gasteiger partial charge < -0.3 is 10.6 Å². The average Bonchev–Trinajstić information content (AvgIpc) is 2.87. The molecule has 0 spiro atoms. The van der Waals surface area contributed by atoms with Crippen molar-refractivity contribution in [3.63, 3.8) is 0 Å². The molecular formula is C13H14F4N2O. The number of rotatable bonds is 3. The summed E-state index contributed by atoms with van der Waals surface area (Å²) in [6.45, 7) is 1.18. The highest BCUT2D eigenvalue weighted by Crippen LogP contribution is 2.30. The average molecular weight is 290 g/mol. The summed E-state index contributed by atoms with van der Waals surface area (Å²) in [4.78, 5) is 11.8. The van der Waals surface area contributed by atoms with Gasteiger partial charge in [-0.2, -0.15) is 13.2 Å². The number of hydrogen-bond acceptors (Lipinski definition) is 2. The van der Waals surface area contributed by atoms with Gasteiger partial charge in [-0.3, -0.25) is 4.79 Å². The largest absolute Gasteiger partial charge is 0.416 e. The Kier molecular flexibility index (Phi) is 4.27. The molecule has 1 saturated heterocycles. The normalized spacial score (nSPS) is 19.1. The van der Waals surface area contributed by atoms with Gasteiger partial charge in [0.1, 0.15) is 5.82 Å². The van der Waals surface area contributed by atoms with Gasteiger partial charge in [-0.15, -0.1) is 0 Å². The van der Waals surface area contributed by atoms with Crippen LogP contribution in [0.15, 0.2) is 18.2 Å². The molecule has 0 radical (unpaired) electrons. The van der Waals surface area contributed by atoms with E-state index in [-0.39, 0.29) is 11.6 Å². The van der Waals surface area contributed by atoms with E-state index in [4.69, 9.17) is 0 Å². The van der Waals surface area contributed by atoms with E-state index in [0.717, 1.165) is 25.5 Å². The van der Waals surface area contributed by atoms with Crippen LogP contribution in [0.25, 0.3) is 0 Å². The maximum atomic E-state index is 13.2. The molecule has 1 aliphatic rings. The van der Waals surface area contributed by atoms with Crippen molar-refractivity contribution in [2.75, 3.05) is 13.1 Å². The van der Waals surface area contributed by atoms with Gasteiger partial charge in [0.2, 0.25) is 0 Å². The van der Waals surface area contributed by atoms with Crippen LogP contribution in [0.4, 0.5) is 17.6 Å². The molecule has 0 aromatic heterocycles. The van der Waals surface area contributed by atoms with Crippen LogP contribution >= 0.6 is 0 Å².